The number of rotatable bonds is 3. The maximum atomic E-state index is 11.9. The van der Waals surface area contributed by atoms with Crippen LogP contribution >= 0.6 is 0 Å². The van der Waals surface area contributed by atoms with Gasteiger partial charge in [0.2, 0.25) is 5.91 Å². The Kier molecular flexibility index (Phi) is 3.65. The second-order valence-electron chi connectivity index (χ2n) is 4.54. The SMILES string of the molecule is CCCC1Cc2ccc(C(=O)OC)cc2NC1=O. The highest BCUT2D eigenvalue weighted by molar-refractivity contribution is 5.98. The van der Waals surface area contributed by atoms with Crippen molar-refractivity contribution in [2.75, 3.05) is 12.4 Å². The molecule has 1 N–H and O–H groups in total. The molecule has 0 saturated heterocycles. The van der Waals surface area contributed by atoms with Crippen molar-refractivity contribution in [3.63, 3.8) is 0 Å². The van der Waals surface area contributed by atoms with Crippen molar-refractivity contribution in [1.29, 1.82) is 0 Å². The van der Waals surface area contributed by atoms with Gasteiger partial charge in [0.15, 0.2) is 0 Å². The van der Waals surface area contributed by atoms with Crippen LogP contribution in [0, 0.1) is 5.92 Å². The predicted octanol–water partition coefficient (Wildman–Crippen LogP) is 2.38. The van der Waals surface area contributed by atoms with Crippen LogP contribution < -0.4 is 5.32 Å². The lowest BCUT2D eigenvalue weighted by Gasteiger charge is -2.24. The maximum absolute atomic E-state index is 11.9. The van der Waals surface area contributed by atoms with E-state index in [9.17, 15) is 9.59 Å². The van der Waals surface area contributed by atoms with Gasteiger partial charge in [-0.15, -0.1) is 0 Å². The molecule has 1 aromatic carbocycles. The molecule has 96 valence electrons. The van der Waals surface area contributed by atoms with Crippen molar-refractivity contribution in [3.05, 3.63) is 29.3 Å². The molecule has 0 spiro atoms. The molecule has 1 aliphatic heterocycles. The molecule has 1 atom stereocenters. The van der Waals surface area contributed by atoms with Crippen LogP contribution in [0.4, 0.5) is 5.69 Å². The van der Waals surface area contributed by atoms with Crippen molar-refractivity contribution in [1.82, 2.24) is 0 Å². The molecule has 0 aromatic heterocycles. The number of amides is 1. The second kappa shape index (κ2) is 5.21. The third-order valence-electron chi connectivity index (χ3n) is 3.26. The fourth-order valence-corrected chi connectivity index (χ4v) is 2.29. The first-order valence-corrected chi connectivity index (χ1v) is 6.17. The summed E-state index contributed by atoms with van der Waals surface area (Å²) in [5.74, 6) is -0.291. The van der Waals surface area contributed by atoms with Crippen LogP contribution in [-0.2, 0) is 16.0 Å². The first kappa shape index (κ1) is 12.6. The first-order valence-electron chi connectivity index (χ1n) is 6.17. The Morgan fingerprint density at radius 1 is 1.50 bits per heavy atom. The van der Waals surface area contributed by atoms with Gasteiger partial charge in [0.1, 0.15) is 0 Å². The van der Waals surface area contributed by atoms with Gasteiger partial charge >= 0.3 is 5.97 Å². The van der Waals surface area contributed by atoms with Crippen molar-refractivity contribution in [2.45, 2.75) is 26.2 Å². The minimum Gasteiger partial charge on any atom is -0.465 e. The van der Waals surface area contributed by atoms with Crippen molar-refractivity contribution in [3.8, 4) is 0 Å². The van der Waals surface area contributed by atoms with Crippen LogP contribution in [0.5, 0.6) is 0 Å². The van der Waals surface area contributed by atoms with Gasteiger partial charge in [0.05, 0.1) is 12.7 Å². The highest BCUT2D eigenvalue weighted by Crippen LogP contribution is 2.28. The van der Waals surface area contributed by atoms with E-state index < -0.39 is 0 Å². The summed E-state index contributed by atoms with van der Waals surface area (Å²) >= 11 is 0. The topological polar surface area (TPSA) is 55.4 Å². The van der Waals surface area contributed by atoms with Crippen molar-refractivity contribution in [2.24, 2.45) is 5.92 Å². The van der Waals surface area contributed by atoms with Gasteiger partial charge in [-0.05, 0) is 30.5 Å². The van der Waals surface area contributed by atoms with E-state index in [1.807, 2.05) is 6.07 Å². The van der Waals surface area contributed by atoms with Gasteiger partial charge in [-0.25, -0.2) is 4.79 Å². The lowest BCUT2D eigenvalue weighted by atomic mass is 9.89. The maximum Gasteiger partial charge on any atom is 0.337 e. The Morgan fingerprint density at radius 3 is 2.94 bits per heavy atom. The molecule has 1 amide bonds. The Balaban J connectivity index is 2.26. The number of carbonyl (C=O) groups excluding carboxylic acids is 2. The third kappa shape index (κ3) is 2.37. The number of esters is 1. The number of benzene rings is 1. The van der Waals surface area contributed by atoms with E-state index >= 15 is 0 Å². The molecular weight excluding hydrogens is 230 g/mol. The number of fused-ring (bicyclic) bond motifs is 1. The van der Waals surface area contributed by atoms with Gasteiger partial charge in [-0.3, -0.25) is 4.79 Å². The van der Waals surface area contributed by atoms with Gasteiger partial charge < -0.3 is 10.1 Å². The van der Waals surface area contributed by atoms with E-state index in [0.717, 1.165) is 30.5 Å². The summed E-state index contributed by atoms with van der Waals surface area (Å²) in [6, 6.07) is 5.32. The lowest BCUT2D eigenvalue weighted by molar-refractivity contribution is -0.120. The molecule has 0 saturated carbocycles. The highest BCUT2D eigenvalue weighted by atomic mass is 16.5. The molecule has 18 heavy (non-hydrogen) atoms. The van der Waals surface area contributed by atoms with E-state index in [1.165, 1.54) is 7.11 Å². The molecule has 1 unspecified atom stereocenters. The number of hydrogen-bond donors (Lipinski definition) is 1. The molecule has 2 rings (SSSR count). The summed E-state index contributed by atoms with van der Waals surface area (Å²) in [6.07, 6.45) is 2.63. The molecular formula is C14H17NO3. The predicted molar refractivity (Wildman–Crippen MR) is 68.5 cm³/mol. The molecule has 0 radical (unpaired) electrons. The lowest BCUT2D eigenvalue weighted by Crippen LogP contribution is -2.30. The monoisotopic (exact) mass is 247 g/mol. The van der Waals surface area contributed by atoms with Crippen LogP contribution in [0.25, 0.3) is 0 Å². The van der Waals surface area contributed by atoms with Crippen LogP contribution in [0.3, 0.4) is 0 Å². The summed E-state index contributed by atoms with van der Waals surface area (Å²) in [6.45, 7) is 2.07. The second-order valence-corrected chi connectivity index (χ2v) is 4.54. The van der Waals surface area contributed by atoms with Crippen LogP contribution in [0.15, 0.2) is 18.2 Å². The van der Waals surface area contributed by atoms with Gasteiger partial charge in [-0.2, -0.15) is 0 Å². The molecule has 1 aromatic rings. The summed E-state index contributed by atoms with van der Waals surface area (Å²) in [7, 11) is 1.34. The standard InChI is InChI=1S/C14H17NO3/c1-3-4-10-7-9-5-6-11(14(17)18-2)8-12(9)15-13(10)16/h5-6,8,10H,3-4,7H2,1-2H3,(H,15,16). The Morgan fingerprint density at radius 2 is 2.28 bits per heavy atom. The van der Waals surface area contributed by atoms with Crippen LogP contribution in [0.1, 0.15) is 35.7 Å². The number of methoxy groups -OCH3 is 1. The fraction of sp³-hybridized carbons (Fsp3) is 0.429. The number of hydrogen-bond acceptors (Lipinski definition) is 3. The van der Waals surface area contributed by atoms with Gasteiger partial charge in [0, 0.05) is 11.6 Å². The van der Waals surface area contributed by atoms with E-state index in [-0.39, 0.29) is 17.8 Å². The Bertz CT molecular complexity index is 482. The molecule has 0 fully saturated rings. The number of carbonyl (C=O) groups is 2. The summed E-state index contributed by atoms with van der Waals surface area (Å²) in [5.41, 5.74) is 2.28. The molecule has 1 heterocycles. The summed E-state index contributed by atoms with van der Waals surface area (Å²) < 4.78 is 4.66. The van der Waals surface area contributed by atoms with Crippen LogP contribution in [0.2, 0.25) is 0 Å². The Labute approximate surface area is 106 Å². The average Bonchev–Trinajstić information content (AvgIpc) is 2.38. The third-order valence-corrected chi connectivity index (χ3v) is 3.26. The minimum atomic E-state index is -0.386. The fourth-order valence-electron chi connectivity index (χ4n) is 2.29. The van der Waals surface area contributed by atoms with E-state index in [4.69, 9.17) is 0 Å². The minimum absolute atomic E-state index is 0.0476. The highest BCUT2D eigenvalue weighted by Gasteiger charge is 2.25. The quantitative estimate of drug-likeness (QED) is 0.834. The van der Waals surface area contributed by atoms with E-state index in [0.29, 0.717) is 5.56 Å². The molecule has 4 heteroatoms. The van der Waals surface area contributed by atoms with E-state index in [2.05, 4.69) is 17.0 Å². The Hall–Kier alpha value is -1.84. The molecule has 1 aliphatic rings. The van der Waals surface area contributed by atoms with Crippen molar-refractivity contribution < 1.29 is 14.3 Å². The number of ether oxygens (including phenoxy) is 1. The zero-order valence-electron chi connectivity index (χ0n) is 10.7. The zero-order valence-corrected chi connectivity index (χ0v) is 10.7. The number of nitrogens with one attached hydrogen (secondary N) is 1. The van der Waals surface area contributed by atoms with Gasteiger partial charge in [0.25, 0.3) is 0 Å². The number of anilines is 1. The molecule has 0 aliphatic carbocycles. The largest absolute Gasteiger partial charge is 0.465 e. The normalized spacial score (nSPS) is 17.9. The smallest absolute Gasteiger partial charge is 0.337 e. The molecule has 4 nitrogen and oxygen atoms in total. The van der Waals surface area contributed by atoms with Crippen molar-refractivity contribution >= 4 is 17.6 Å². The zero-order chi connectivity index (χ0) is 13.1. The first-order chi connectivity index (χ1) is 8.65. The van der Waals surface area contributed by atoms with Gasteiger partial charge in [-0.1, -0.05) is 19.4 Å². The average molecular weight is 247 g/mol. The van der Waals surface area contributed by atoms with E-state index in [1.54, 1.807) is 12.1 Å². The molecule has 0 bridgehead atoms. The van der Waals surface area contributed by atoms with Crippen LogP contribution in [-0.4, -0.2) is 19.0 Å². The summed E-state index contributed by atoms with van der Waals surface area (Å²) in [5, 5.41) is 2.87. The summed E-state index contributed by atoms with van der Waals surface area (Å²) in [4.78, 5) is 23.3.